The first-order valence-electron chi connectivity index (χ1n) is 5.88. The van der Waals surface area contributed by atoms with Gasteiger partial charge in [0.05, 0.1) is 12.2 Å². The molecule has 2 aromatic rings. The highest BCUT2D eigenvalue weighted by atomic mass is 32.1. The van der Waals surface area contributed by atoms with Crippen LogP contribution in [0, 0.1) is 5.82 Å². The predicted octanol–water partition coefficient (Wildman–Crippen LogP) is 3.24. The van der Waals surface area contributed by atoms with Crippen LogP contribution in [0.4, 0.5) is 10.1 Å². The molecule has 1 aromatic carbocycles. The van der Waals surface area contributed by atoms with Gasteiger partial charge in [-0.3, -0.25) is 0 Å². The number of nitrogens with zero attached hydrogens (tertiary/aromatic N) is 1. The highest BCUT2D eigenvalue weighted by Gasteiger charge is 2.08. The Bertz CT molecular complexity index is 510. The van der Waals surface area contributed by atoms with Crippen LogP contribution in [0.5, 0.6) is 0 Å². The van der Waals surface area contributed by atoms with E-state index in [0.29, 0.717) is 5.69 Å². The number of nitrogens with one attached hydrogen (secondary N) is 1. The number of hydrogen-bond acceptors (Lipinski definition) is 3. The molecular weight excluding hydrogens is 247 g/mol. The highest BCUT2D eigenvalue weighted by Crippen LogP contribution is 2.22. The summed E-state index contributed by atoms with van der Waals surface area (Å²) in [5.41, 5.74) is 0.640. The van der Waals surface area contributed by atoms with Gasteiger partial charge in [0, 0.05) is 23.3 Å². The van der Waals surface area contributed by atoms with Crippen LogP contribution < -0.4 is 10.2 Å². The average Bonchev–Trinajstić information content (AvgIpc) is 2.77. The number of anilines is 1. The molecule has 1 aromatic heterocycles. The molecule has 2 nitrogen and oxygen atoms in total. The molecule has 0 fully saturated rings. The standard InChI is InChI=1S/C14H17FN2S/c1-16-9-11-7-8-12(18-11)10-17(2)14-6-4-3-5-13(14)15/h3-8,16H,9-10H2,1-2H3. The predicted molar refractivity (Wildman–Crippen MR) is 75.6 cm³/mol. The zero-order chi connectivity index (χ0) is 13.0. The maximum Gasteiger partial charge on any atom is 0.146 e. The van der Waals surface area contributed by atoms with Crippen molar-refractivity contribution in [1.29, 1.82) is 0 Å². The van der Waals surface area contributed by atoms with Gasteiger partial charge in [0.25, 0.3) is 0 Å². The van der Waals surface area contributed by atoms with E-state index in [1.165, 1.54) is 15.8 Å². The molecule has 2 rings (SSSR count). The second-order valence-electron chi connectivity index (χ2n) is 4.21. The number of para-hydroxylation sites is 1. The second-order valence-corrected chi connectivity index (χ2v) is 5.46. The molecule has 0 spiro atoms. The van der Waals surface area contributed by atoms with E-state index in [0.717, 1.165) is 13.1 Å². The lowest BCUT2D eigenvalue weighted by molar-refractivity contribution is 0.622. The number of rotatable bonds is 5. The number of halogens is 1. The molecular formula is C14H17FN2S. The first-order valence-corrected chi connectivity index (χ1v) is 6.70. The number of benzene rings is 1. The van der Waals surface area contributed by atoms with Gasteiger partial charge in [-0.05, 0) is 31.3 Å². The Morgan fingerprint density at radius 1 is 1.17 bits per heavy atom. The molecule has 0 saturated heterocycles. The monoisotopic (exact) mass is 264 g/mol. The molecule has 18 heavy (non-hydrogen) atoms. The SMILES string of the molecule is CNCc1ccc(CN(C)c2ccccc2F)s1. The normalized spacial score (nSPS) is 10.6. The Morgan fingerprint density at radius 3 is 2.61 bits per heavy atom. The van der Waals surface area contributed by atoms with Gasteiger partial charge in [0.1, 0.15) is 5.82 Å². The zero-order valence-corrected chi connectivity index (χ0v) is 11.4. The minimum absolute atomic E-state index is 0.174. The fraction of sp³-hybridized carbons (Fsp3) is 0.286. The van der Waals surface area contributed by atoms with Crippen molar-refractivity contribution in [2.75, 3.05) is 19.0 Å². The summed E-state index contributed by atoms with van der Waals surface area (Å²) < 4.78 is 13.6. The van der Waals surface area contributed by atoms with Gasteiger partial charge >= 0.3 is 0 Å². The Kier molecular flexibility index (Phi) is 4.33. The maximum atomic E-state index is 13.6. The quantitative estimate of drug-likeness (QED) is 0.892. The zero-order valence-electron chi connectivity index (χ0n) is 10.6. The van der Waals surface area contributed by atoms with Gasteiger partial charge in [-0.1, -0.05) is 12.1 Å². The average molecular weight is 264 g/mol. The van der Waals surface area contributed by atoms with Crippen LogP contribution in [0.25, 0.3) is 0 Å². The Morgan fingerprint density at radius 2 is 1.89 bits per heavy atom. The summed E-state index contributed by atoms with van der Waals surface area (Å²) in [5, 5.41) is 3.13. The summed E-state index contributed by atoms with van der Waals surface area (Å²) in [4.78, 5) is 4.48. The van der Waals surface area contributed by atoms with Crippen molar-refractivity contribution in [1.82, 2.24) is 5.32 Å². The summed E-state index contributed by atoms with van der Waals surface area (Å²) in [7, 11) is 3.85. The summed E-state index contributed by atoms with van der Waals surface area (Å²) in [6.45, 7) is 1.61. The minimum Gasteiger partial charge on any atom is -0.367 e. The molecule has 0 bridgehead atoms. The highest BCUT2D eigenvalue weighted by molar-refractivity contribution is 7.12. The number of hydrogen-bond donors (Lipinski definition) is 1. The summed E-state index contributed by atoms with van der Waals surface area (Å²) in [6.07, 6.45) is 0. The molecule has 0 radical (unpaired) electrons. The van der Waals surface area contributed by atoms with Gasteiger partial charge in [0.2, 0.25) is 0 Å². The van der Waals surface area contributed by atoms with Crippen LogP contribution in [0.1, 0.15) is 9.75 Å². The summed E-state index contributed by atoms with van der Waals surface area (Å²) >= 11 is 1.76. The Hall–Kier alpha value is -1.39. The van der Waals surface area contributed by atoms with Gasteiger partial charge in [-0.15, -0.1) is 11.3 Å². The van der Waals surface area contributed by atoms with Crippen LogP contribution in [0.15, 0.2) is 36.4 Å². The fourth-order valence-corrected chi connectivity index (χ4v) is 2.94. The van der Waals surface area contributed by atoms with Crippen LogP contribution in [0.3, 0.4) is 0 Å². The van der Waals surface area contributed by atoms with Crippen molar-refractivity contribution in [3.63, 3.8) is 0 Å². The third-order valence-corrected chi connectivity index (χ3v) is 3.80. The molecule has 1 heterocycles. The lowest BCUT2D eigenvalue weighted by Crippen LogP contribution is -2.16. The van der Waals surface area contributed by atoms with E-state index in [1.807, 2.05) is 25.1 Å². The summed E-state index contributed by atoms with van der Waals surface area (Å²) in [6, 6.07) is 11.1. The van der Waals surface area contributed by atoms with E-state index in [-0.39, 0.29) is 5.82 Å². The lowest BCUT2D eigenvalue weighted by Gasteiger charge is -2.18. The molecule has 0 unspecified atom stereocenters. The molecule has 96 valence electrons. The van der Waals surface area contributed by atoms with Crippen molar-refractivity contribution in [2.45, 2.75) is 13.1 Å². The van der Waals surface area contributed by atoms with Crippen molar-refractivity contribution in [3.8, 4) is 0 Å². The topological polar surface area (TPSA) is 15.3 Å². The first kappa shape index (κ1) is 13.1. The first-order chi connectivity index (χ1) is 8.70. The molecule has 0 aliphatic heterocycles. The van der Waals surface area contributed by atoms with Crippen molar-refractivity contribution in [3.05, 3.63) is 52.0 Å². The van der Waals surface area contributed by atoms with E-state index in [1.54, 1.807) is 23.5 Å². The molecule has 4 heteroatoms. The Labute approximate surface area is 111 Å². The van der Waals surface area contributed by atoms with E-state index in [4.69, 9.17) is 0 Å². The van der Waals surface area contributed by atoms with E-state index < -0.39 is 0 Å². The molecule has 0 atom stereocenters. The Balaban J connectivity index is 2.06. The second kappa shape index (κ2) is 5.98. The van der Waals surface area contributed by atoms with Gasteiger partial charge in [0.15, 0.2) is 0 Å². The third kappa shape index (κ3) is 3.09. The third-order valence-electron chi connectivity index (χ3n) is 2.73. The van der Waals surface area contributed by atoms with E-state index >= 15 is 0 Å². The number of thiophene rings is 1. The fourth-order valence-electron chi connectivity index (χ4n) is 1.86. The van der Waals surface area contributed by atoms with Gasteiger partial charge < -0.3 is 10.2 Å². The molecule has 0 aliphatic rings. The summed E-state index contributed by atoms with van der Waals surface area (Å²) in [5.74, 6) is -0.174. The van der Waals surface area contributed by atoms with Crippen LogP contribution in [-0.4, -0.2) is 14.1 Å². The lowest BCUT2D eigenvalue weighted by atomic mass is 10.3. The molecule has 1 N–H and O–H groups in total. The van der Waals surface area contributed by atoms with Gasteiger partial charge in [-0.2, -0.15) is 0 Å². The van der Waals surface area contributed by atoms with Crippen LogP contribution in [-0.2, 0) is 13.1 Å². The molecule has 0 saturated carbocycles. The maximum absolute atomic E-state index is 13.6. The van der Waals surface area contributed by atoms with Gasteiger partial charge in [-0.25, -0.2) is 4.39 Å². The smallest absolute Gasteiger partial charge is 0.146 e. The van der Waals surface area contributed by atoms with Crippen molar-refractivity contribution in [2.24, 2.45) is 0 Å². The van der Waals surface area contributed by atoms with Crippen LogP contribution in [0.2, 0.25) is 0 Å². The van der Waals surface area contributed by atoms with Crippen LogP contribution >= 0.6 is 11.3 Å². The van der Waals surface area contributed by atoms with Crippen molar-refractivity contribution >= 4 is 17.0 Å². The van der Waals surface area contributed by atoms with Crippen molar-refractivity contribution < 1.29 is 4.39 Å². The van der Waals surface area contributed by atoms with E-state index in [2.05, 4.69) is 17.4 Å². The largest absolute Gasteiger partial charge is 0.367 e. The van der Waals surface area contributed by atoms with E-state index in [9.17, 15) is 4.39 Å². The molecule has 0 amide bonds. The molecule has 0 aliphatic carbocycles. The minimum atomic E-state index is -0.174.